The quantitative estimate of drug-likeness (QED) is 0.711. The van der Waals surface area contributed by atoms with Gasteiger partial charge in [-0.1, -0.05) is 0 Å². The molecular weight excluding hydrogens is 192 g/mol. The van der Waals surface area contributed by atoms with Gasteiger partial charge in [0.25, 0.3) is 6.43 Å². The Morgan fingerprint density at radius 3 is 2.64 bits per heavy atom. The number of rotatable bonds is 3. The lowest BCUT2D eigenvalue weighted by atomic mass is 10.1. The van der Waals surface area contributed by atoms with E-state index in [1.807, 2.05) is 0 Å². The van der Waals surface area contributed by atoms with Gasteiger partial charge in [-0.15, -0.1) is 0 Å². The van der Waals surface area contributed by atoms with Crippen LogP contribution in [0.5, 0.6) is 0 Å². The van der Waals surface area contributed by atoms with E-state index in [9.17, 15) is 13.6 Å². The minimum atomic E-state index is -2.79. The number of hydrogen-bond donors (Lipinski definition) is 2. The van der Waals surface area contributed by atoms with Crippen LogP contribution in [0.2, 0.25) is 0 Å². The Labute approximate surface area is 78.9 Å². The Morgan fingerprint density at radius 2 is 2.21 bits per heavy atom. The molecule has 0 radical (unpaired) electrons. The molecule has 0 saturated carbocycles. The summed E-state index contributed by atoms with van der Waals surface area (Å²) in [5.41, 5.74) is 10.1. The van der Waals surface area contributed by atoms with Crippen molar-refractivity contribution in [2.45, 2.75) is 13.0 Å². The van der Waals surface area contributed by atoms with Gasteiger partial charge in [0.1, 0.15) is 11.4 Å². The zero-order valence-electron chi connectivity index (χ0n) is 7.21. The Kier molecular flexibility index (Phi) is 3.08. The van der Waals surface area contributed by atoms with E-state index in [0.29, 0.717) is 11.8 Å². The second kappa shape index (κ2) is 4.10. The van der Waals surface area contributed by atoms with Crippen LogP contribution in [0.25, 0.3) is 0 Å². The lowest BCUT2D eigenvalue weighted by molar-refractivity contribution is 0.111. The fraction of sp³-hybridized carbons (Fsp3) is 0.250. The number of nitrogens with two attached hydrogens (primary N) is 2. The number of pyridine rings is 1. The Hall–Kier alpha value is -1.56. The summed E-state index contributed by atoms with van der Waals surface area (Å²) in [7, 11) is 0. The van der Waals surface area contributed by atoms with E-state index < -0.39 is 12.1 Å². The molecule has 1 aromatic heterocycles. The molecule has 14 heavy (non-hydrogen) atoms. The zero-order chi connectivity index (χ0) is 10.7. The summed E-state index contributed by atoms with van der Waals surface area (Å²) >= 11 is 0. The molecule has 0 unspecified atom stereocenters. The number of alkyl halides is 2. The monoisotopic (exact) mass is 201 g/mol. The van der Waals surface area contributed by atoms with Gasteiger partial charge in [0, 0.05) is 6.54 Å². The minimum Gasteiger partial charge on any atom is -0.397 e. The molecule has 4 N–H and O–H groups in total. The molecule has 0 fully saturated rings. The summed E-state index contributed by atoms with van der Waals surface area (Å²) in [4.78, 5) is 13.9. The number of halogens is 2. The van der Waals surface area contributed by atoms with Crippen LogP contribution in [-0.4, -0.2) is 11.3 Å². The summed E-state index contributed by atoms with van der Waals surface area (Å²) in [6, 6.07) is 1.25. The van der Waals surface area contributed by atoms with Gasteiger partial charge in [0.05, 0.1) is 5.69 Å². The number of carbonyl (C=O) groups excluding carboxylic acids is 1. The maximum atomic E-state index is 12.3. The predicted octanol–water partition coefficient (Wildman–Crippen LogP) is 0.873. The molecule has 1 rings (SSSR count). The summed E-state index contributed by atoms with van der Waals surface area (Å²) < 4.78 is 24.6. The first-order valence-electron chi connectivity index (χ1n) is 3.82. The van der Waals surface area contributed by atoms with Crippen LogP contribution in [0.4, 0.5) is 14.5 Å². The van der Waals surface area contributed by atoms with Crippen molar-refractivity contribution >= 4 is 12.0 Å². The lowest BCUT2D eigenvalue weighted by Crippen LogP contribution is -2.08. The fourth-order valence-corrected chi connectivity index (χ4v) is 1.04. The number of hydrogen-bond acceptors (Lipinski definition) is 4. The van der Waals surface area contributed by atoms with Crippen molar-refractivity contribution in [2.75, 3.05) is 5.73 Å². The zero-order valence-corrected chi connectivity index (χ0v) is 7.21. The Balaban J connectivity index is 3.30. The average molecular weight is 201 g/mol. The first-order valence-corrected chi connectivity index (χ1v) is 3.82. The highest BCUT2D eigenvalue weighted by atomic mass is 19.3. The first-order chi connectivity index (χ1) is 6.60. The average Bonchev–Trinajstić information content (AvgIpc) is 2.16. The van der Waals surface area contributed by atoms with Crippen LogP contribution in [0, 0.1) is 0 Å². The van der Waals surface area contributed by atoms with E-state index in [1.54, 1.807) is 0 Å². The molecule has 1 heterocycles. The molecule has 0 aliphatic heterocycles. The maximum absolute atomic E-state index is 12.3. The van der Waals surface area contributed by atoms with Crippen molar-refractivity contribution in [3.8, 4) is 0 Å². The van der Waals surface area contributed by atoms with Gasteiger partial charge in [-0.2, -0.15) is 0 Å². The smallest absolute Gasteiger partial charge is 0.282 e. The van der Waals surface area contributed by atoms with Crippen molar-refractivity contribution in [1.82, 2.24) is 4.98 Å². The maximum Gasteiger partial charge on any atom is 0.282 e. The van der Waals surface area contributed by atoms with Crippen LogP contribution < -0.4 is 11.5 Å². The van der Waals surface area contributed by atoms with Crippen LogP contribution in [-0.2, 0) is 6.54 Å². The number of aromatic nitrogens is 1. The fourth-order valence-electron chi connectivity index (χ4n) is 1.04. The Morgan fingerprint density at radius 1 is 1.57 bits per heavy atom. The summed E-state index contributed by atoms with van der Waals surface area (Å²) in [5, 5.41) is 0. The molecule has 1 aromatic rings. The van der Waals surface area contributed by atoms with Crippen molar-refractivity contribution in [3.63, 3.8) is 0 Å². The van der Waals surface area contributed by atoms with E-state index in [1.165, 1.54) is 6.07 Å². The molecule has 4 nitrogen and oxygen atoms in total. The van der Waals surface area contributed by atoms with Gasteiger partial charge in [-0.05, 0) is 11.6 Å². The highest BCUT2D eigenvalue weighted by Crippen LogP contribution is 2.24. The molecule has 0 atom stereocenters. The molecular formula is C8H9F2N3O. The molecule has 76 valence electrons. The summed E-state index contributed by atoms with van der Waals surface area (Å²) in [6.45, 7) is 0.0365. The third-order valence-corrected chi connectivity index (χ3v) is 1.73. The molecule has 0 saturated heterocycles. The number of carbonyl (C=O) groups is 1. The number of nitrogens with zero attached hydrogens (tertiary/aromatic N) is 1. The van der Waals surface area contributed by atoms with Crippen molar-refractivity contribution in [1.29, 1.82) is 0 Å². The first kappa shape index (κ1) is 10.5. The van der Waals surface area contributed by atoms with Crippen LogP contribution in [0.3, 0.4) is 0 Å². The minimum absolute atomic E-state index is 0.0365. The van der Waals surface area contributed by atoms with Gasteiger partial charge in [0.15, 0.2) is 6.29 Å². The normalized spacial score (nSPS) is 10.6. The second-order valence-corrected chi connectivity index (χ2v) is 2.63. The van der Waals surface area contributed by atoms with Crippen LogP contribution >= 0.6 is 0 Å². The van der Waals surface area contributed by atoms with Crippen molar-refractivity contribution in [3.05, 3.63) is 23.0 Å². The standard InChI is InChI=1S/C8H9F2N3O/c9-8(10)7-5(12)1-4(2-11)6(3-14)13-7/h1,3,8H,2,11-12H2. The molecule has 0 spiro atoms. The van der Waals surface area contributed by atoms with Gasteiger partial charge in [0.2, 0.25) is 0 Å². The van der Waals surface area contributed by atoms with E-state index in [2.05, 4.69) is 4.98 Å². The van der Waals surface area contributed by atoms with Gasteiger partial charge >= 0.3 is 0 Å². The lowest BCUT2D eigenvalue weighted by Gasteiger charge is -2.07. The molecule has 0 aliphatic rings. The van der Waals surface area contributed by atoms with Crippen LogP contribution in [0.15, 0.2) is 6.07 Å². The number of anilines is 1. The van der Waals surface area contributed by atoms with Crippen molar-refractivity contribution in [2.24, 2.45) is 5.73 Å². The van der Waals surface area contributed by atoms with Gasteiger partial charge in [-0.25, -0.2) is 13.8 Å². The third-order valence-electron chi connectivity index (χ3n) is 1.73. The Bertz CT molecular complexity index is 355. The van der Waals surface area contributed by atoms with E-state index in [0.717, 1.165) is 0 Å². The van der Waals surface area contributed by atoms with Crippen LogP contribution in [0.1, 0.15) is 28.2 Å². The van der Waals surface area contributed by atoms with Gasteiger partial charge in [-0.3, -0.25) is 4.79 Å². The number of nitrogen functional groups attached to an aromatic ring is 1. The SMILES string of the molecule is NCc1cc(N)c(C(F)F)nc1C=O. The molecule has 6 heteroatoms. The largest absolute Gasteiger partial charge is 0.397 e. The van der Waals surface area contributed by atoms with E-state index in [4.69, 9.17) is 11.5 Å². The van der Waals surface area contributed by atoms with Crippen molar-refractivity contribution < 1.29 is 13.6 Å². The second-order valence-electron chi connectivity index (χ2n) is 2.63. The van der Waals surface area contributed by atoms with E-state index >= 15 is 0 Å². The highest BCUT2D eigenvalue weighted by Gasteiger charge is 2.16. The predicted molar refractivity (Wildman–Crippen MR) is 46.9 cm³/mol. The molecule has 0 aromatic carbocycles. The van der Waals surface area contributed by atoms with Gasteiger partial charge < -0.3 is 11.5 Å². The highest BCUT2D eigenvalue weighted by molar-refractivity contribution is 5.75. The summed E-state index contributed by atoms with van der Waals surface area (Å²) in [6.07, 6.45) is -2.41. The third kappa shape index (κ3) is 1.85. The summed E-state index contributed by atoms with van der Waals surface area (Å²) in [5.74, 6) is 0. The molecule has 0 amide bonds. The van der Waals surface area contributed by atoms with E-state index in [-0.39, 0.29) is 17.9 Å². The number of aldehydes is 1. The topological polar surface area (TPSA) is 82.0 Å². The molecule has 0 aliphatic carbocycles. The molecule has 0 bridgehead atoms.